The number of H-pyrrole nitrogens is 1. The van der Waals surface area contributed by atoms with Crippen LogP contribution in [0.4, 0.5) is 0 Å². The Morgan fingerprint density at radius 1 is 0.967 bits per heavy atom. The summed E-state index contributed by atoms with van der Waals surface area (Å²) in [7, 11) is 0. The first-order chi connectivity index (χ1) is 14.3. The van der Waals surface area contributed by atoms with Gasteiger partial charge in [-0.2, -0.15) is 4.98 Å². The number of aryl methyl sites for hydroxylation is 2. The van der Waals surface area contributed by atoms with Crippen LogP contribution in [0.25, 0.3) is 22.6 Å². The summed E-state index contributed by atoms with van der Waals surface area (Å²) in [6.45, 7) is 9.14. The van der Waals surface area contributed by atoms with Gasteiger partial charge in [0.15, 0.2) is 11.5 Å². The lowest BCUT2D eigenvalue weighted by atomic mass is 9.96. The van der Waals surface area contributed by atoms with Crippen molar-refractivity contribution in [1.82, 2.24) is 19.5 Å². The highest BCUT2D eigenvalue weighted by Gasteiger charge is 2.19. The highest BCUT2D eigenvalue weighted by molar-refractivity contribution is 5.80. The molecular weight excluding hydrogens is 376 g/mol. The number of nitrogens with one attached hydrogen (secondary N) is 1. The number of aromatic nitrogens is 4. The Labute approximate surface area is 175 Å². The van der Waals surface area contributed by atoms with Gasteiger partial charge in [0, 0.05) is 6.54 Å². The lowest BCUT2D eigenvalue weighted by Gasteiger charge is -2.20. The van der Waals surface area contributed by atoms with E-state index in [2.05, 4.69) is 73.0 Å². The molecule has 2 aliphatic heterocycles. The first kappa shape index (κ1) is 20.0. The fourth-order valence-corrected chi connectivity index (χ4v) is 3.79. The second kappa shape index (κ2) is 7.86. The van der Waals surface area contributed by atoms with Crippen LogP contribution in [0.5, 0.6) is 0 Å². The van der Waals surface area contributed by atoms with Gasteiger partial charge in [-0.3, -0.25) is 9.78 Å². The fraction of sp³-hybridized carbons (Fsp3) is 0.333. The van der Waals surface area contributed by atoms with Crippen LogP contribution >= 0.6 is 0 Å². The van der Waals surface area contributed by atoms with E-state index in [1.54, 1.807) is 0 Å². The predicted octanol–water partition coefficient (Wildman–Crippen LogP) is 4.21. The van der Waals surface area contributed by atoms with Gasteiger partial charge in [-0.1, -0.05) is 56.7 Å². The topological polar surface area (TPSA) is 80.6 Å². The quantitative estimate of drug-likeness (QED) is 0.507. The van der Waals surface area contributed by atoms with E-state index in [1.807, 2.05) is 16.7 Å². The van der Waals surface area contributed by atoms with Crippen LogP contribution in [0, 0.1) is 6.92 Å². The van der Waals surface area contributed by atoms with Crippen molar-refractivity contribution in [3.8, 4) is 11.5 Å². The molecule has 2 aromatic carbocycles. The molecule has 30 heavy (non-hydrogen) atoms. The van der Waals surface area contributed by atoms with E-state index in [9.17, 15) is 9.59 Å². The SMILES string of the molecule is Cc1ccc([C@@H](C)CCn2c3nc(=O)[nH]c(=O)c-3nc3cc(C(C)C)ccc32)cc1. The number of rotatable bonds is 5. The van der Waals surface area contributed by atoms with Crippen molar-refractivity contribution in [2.45, 2.75) is 52.5 Å². The molecule has 2 aromatic rings. The first-order valence-corrected chi connectivity index (χ1v) is 10.3. The Morgan fingerprint density at radius 3 is 2.37 bits per heavy atom. The molecule has 1 atom stereocenters. The molecule has 0 aliphatic carbocycles. The molecule has 0 radical (unpaired) electrons. The van der Waals surface area contributed by atoms with E-state index in [-0.39, 0.29) is 5.69 Å². The van der Waals surface area contributed by atoms with E-state index in [0.29, 0.717) is 24.2 Å². The van der Waals surface area contributed by atoms with Crippen LogP contribution in [-0.4, -0.2) is 19.5 Å². The average molecular weight is 402 g/mol. The van der Waals surface area contributed by atoms with Crippen LogP contribution in [-0.2, 0) is 6.54 Å². The summed E-state index contributed by atoms with van der Waals surface area (Å²) in [6, 6.07) is 14.7. The van der Waals surface area contributed by atoms with Crippen molar-refractivity contribution in [2.75, 3.05) is 0 Å². The second-order valence-corrected chi connectivity index (χ2v) is 8.31. The normalized spacial score (nSPS) is 12.7. The molecule has 0 bridgehead atoms. The summed E-state index contributed by atoms with van der Waals surface area (Å²) in [6.07, 6.45) is 0.844. The maximum atomic E-state index is 12.4. The zero-order valence-electron chi connectivity index (χ0n) is 17.8. The van der Waals surface area contributed by atoms with Crippen LogP contribution < -0.4 is 11.2 Å². The Hall–Kier alpha value is -3.28. The van der Waals surface area contributed by atoms with Crippen molar-refractivity contribution < 1.29 is 0 Å². The molecule has 0 saturated heterocycles. The van der Waals surface area contributed by atoms with Gasteiger partial charge in [-0.15, -0.1) is 0 Å². The van der Waals surface area contributed by atoms with Crippen LogP contribution in [0.1, 0.15) is 55.7 Å². The van der Waals surface area contributed by atoms with E-state index in [0.717, 1.165) is 23.0 Å². The van der Waals surface area contributed by atoms with Gasteiger partial charge in [-0.25, -0.2) is 9.78 Å². The molecule has 6 heteroatoms. The van der Waals surface area contributed by atoms with Gasteiger partial charge >= 0.3 is 5.69 Å². The largest absolute Gasteiger partial charge is 0.349 e. The van der Waals surface area contributed by atoms with Gasteiger partial charge in [-0.05, 0) is 48.4 Å². The minimum atomic E-state index is -0.646. The summed E-state index contributed by atoms with van der Waals surface area (Å²) >= 11 is 0. The molecule has 154 valence electrons. The predicted molar refractivity (Wildman–Crippen MR) is 119 cm³/mol. The molecule has 2 aliphatic rings. The number of benzene rings is 2. The van der Waals surface area contributed by atoms with E-state index >= 15 is 0 Å². The number of hydrogen-bond acceptors (Lipinski definition) is 4. The fourth-order valence-electron chi connectivity index (χ4n) is 3.79. The van der Waals surface area contributed by atoms with Crippen molar-refractivity contribution in [2.24, 2.45) is 0 Å². The summed E-state index contributed by atoms with van der Waals surface area (Å²) in [5.74, 6) is 1.01. The van der Waals surface area contributed by atoms with E-state index in [4.69, 9.17) is 0 Å². The van der Waals surface area contributed by atoms with Crippen LogP contribution in [0.3, 0.4) is 0 Å². The third-order valence-electron chi connectivity index (χ3n) is 5.73. The van der Waals surface area contributed by atoms with Crippen molar-refractivity contribution >= 4 is 11.0 Å². The summed E-state index contributed by atoms with van der Waals surface area (Å²) < 4.78 is 1.96. The number of aromatic amines is 1. The standard InChI is InChI=1S/C24H26N4O2/c1-14(2)18-9-10-20-19(13-18)25-21-22(26-24(30)27-23(21)29)28(20)12-11-16(4)17-7-5-15(3)6-8-17/h5-10,13-14,16H,11-12H2,1-4H3,(H,27,29,30)/t16-/m0/s1. The molecule has 0 fully saturated rings. The molecule has 0 spiro atoms. The maximum Gasteiger partial charge on any atom is 0.349 e. The molecular formula is C24H26N4O2. The van der Waals surface area contributed by atoms with E-state index in [1.165, 1.54) is 11.1 Å². The zero-order valence-corrected chi connectivity index (χ0v) is 17.8. The lowest BCUT2D eigenvalue weighted by molar-refractivity contribution is 0.582. The number of hydrogen-bond donors (Lipinski definition) is 1. The van der Waals surface area contributed by atoms with Crippen LogP contribution in [0.2, 0.25) is 0 Å². The lowest BCUT2D eigenvalue weighted by Crippen LogP contribution is -2.29. The van der Waals surface area contributed by atoms with Gasteiger partial charge in [0.1, 0.15) is 0 Å². The molecule has 6 nitrogen and oxygen atoms in total. The maximum absolute atomic E-state index is 12.4. The highest BCUT2D eigenvalue weighted by Crippen LogP contribution is 2.27. The van der Waals surface area contributed by atoms with Crippen molar-refractivity contribution in [3.05, 3.63) is 80.0 Å². The van der Waals surface area contributed by atoms with Crippen LogP contribution in [0.15, 0.2) is 52.1 Å². The average Bonchev–Trinajstić information content (AvgIpc) is 2.71. The molecule has 2 heterocycles. The Bertz CT molecular complexity index is 1290. The third kappa shape index (κ3) is 3.77. The van der Waals surface area contributed by atoms with E-state index < -0.39 is 11.2 Å². The Kier molecular flexibility index (Phi) is 5.24. The molecule has 4 rings (SSSR count). The second-order valence-electron chi connectivity index (χ2n) is 8.31. The summed E-state index contributed by atoms with van der Waals surface area (Å²) in [5, 5.41) is 0. The molecule has 0 unspecified atom stereocenters. The number of nitrogens with zero attached hydrogens (tertiary/aromatic N) is 3. The minimum Gasteiger partial charge on any atom is -0.322 e. The smallest absolute Gasteiger partial charge is 0.322 e. The third-order valence-corrected chi connectivity index (χ3v) is 5.73. The van der Waals surface area contributed by atoms with Gasteiger partial charge in [0.25, 0.3) is 5.56 Å². The summed E-state index contributed by atoms with van der Waals surface area (Å²) in [4.78, 5) is 35.2. The molecule has 0 aromatic heterocycles. The molecule has 1 N–H and O–H groups in total. The van der Waals surface area contributed by atoms with Crippen molar-refractivity contribution in [3.63, 3.8) is 0 Å². The van der Waals surface area contributed by atoms with Gasteiger partial charge < -0.3 is 4.57 Å². The monoisotopic (exact) mass is 402 g/mol. The Morgan fingerprint density at radius 2 is 1.67 bits per heavy atom. The first-order valence-electron chi connectivity index (χ1n) is 10.3. The highest BCUT2D eigenvalue weighted by atomic mass is 16.2. The molecule has 0 saturated carbocycles. The zero-order chi connectivity index (χ0) is 21.4. The molecule has 0 amide bonds. The summed E-state index contributed by atoms with van der Waals surface area (Å²) in [5.41, 5.74) is 4.32. The Balaban J connectivity index is 1.81. The minimum absolute atomic E-state index is 0.200. The van der Waals surface area contributed by atoms with Gasteiger partial charge in [0.05, 0.1) is 11.0 Å². The van der Waals surface area contributed by atoms with Gasteiger partial charge in [0.2, 0.25) is 0 Å². The van der Waals surface area contributed by atoms with Crippen molar-refractivity contribution in [1.29, 1.82) is 0 Å². The number of fused-ring (bicyclic) bond motifs is 2.